The van der Waals surface area contributed by atoms with Crippen molar-refractivity contribution in [3.05, 3.63) is 5.82 Å². The van der Waals surface area contributed by atoms with E-state index >= 15 is 0 Å². The Kier molecular flexibility index (Phi) is 5.52. The molecule has 0 fully saturated rings. The molecule has 1 N–H and O–H groups in total. The number of anilines is 1. The van der Waals surface area contributed by atoms with Crippen LogP contribution in [0, 0.1) is 0 Å². The van der Waals surface area contributed by atoms with Crippen molar-refractivity contribution in [1.82, 2.24) is 9.36 Å². The van der Waals surface area contributed by atoms with Gasteiger partial charge in [-0.1, -0.05) is 0 Å². The predicted octanol–water partition coefficient (Wildman–Crippen LogP) is 1.17. The smallest absolute Gasteiger partial charge is 0.202 e. The maximum Gasteiger partial charge on any atom is 0.202 e. The Hall–Kier alpha value is -0.720. The van der Waals surface area contributed by atoms with E-state index in [2.05, 4.69) is 14.7 Å². The SMILES string of the molecule is COCCNc1nc(CC(C)OC)ns1. The largest absolute Gasteiger partial charge is 0.383 e. The van der Waals surface area contributed by atoms with Crippen molar-refractivity contribution in [2.75, 3.05) is 32.7 Å². The number of methoxy groups -OCH3 is 2. The third kappa shape index (κ3) is 4.55. The van der Waals surface area contributed by atoms with Gasteiger partial charge in [0.15, 0.2) is 0 Å². The Morgan fingerprint density at radius 2 is 2.27 bits per heavy atom. The second kappa shape index (κ2) is 6.71. The second-order valence-electron chi connectivity index (χ2n) is 3.19. The summed E-state index contributed by atoms with van der Waals surface area (Å²) in [5.74, 6) is 0.828. The third-order valence-electron chi connectivity index (χ3n) is 1.92. The van der Waals surface area contributed by atoms with Gasteiger partial charge < -0.3 is 14.8 Å². The van der Waals surface area contributed by atoms with Gasteiger partial charge in [0.2, 0.25) is 5.13 Å². The minimum absolute atomic E-state index is 0.159. The van der Waals surface area contributed by atoms with E-state index in [9.17, 15) is 0 Å². The molecule has 1 heterocycles. The molecule has 0 saturated carbocycles. The van der Waals surface area contributed by atoms with Crippen molar-refractivity contribution in [3.63, 3.8) is 0 Å². The van der Waals surface area contributed by atoms with Crippen LogP contribution in [0.4, 0.5) is 5.13 Å². The van der Waals surface area contributed by atoms with Crippen LogP contribution in [0.5, 0.6) is 0 Å². The van der Waals surface area contributed by atoms with E-state index in [4.69, 9.17) is 9.47 Å². The van der Waals surface area contributed by atoms with E-state index < -0.39 is 0 Å². The van der Waals surface area contributed by atoms with E-state index in [1.54, 1.807) is 14.2 Å². The van der Waals surface area contributed by atoms with Crippen LogP contribution in [-0.4, -0.2) is 42.8 Å². The minimum Gasteiger partial charge on any atom is -0.383 e. The van der Waals surface area contributed by atoms with E-state index in [1.807, 2.05) is 6.92 Å². The Morgan fingerprint density at radius 1 is 1.47 bits per heavy atom. The minimum atomic E-state index is 0.159. The van der Waals surface area contributed by atoms with Crippen LogP contribution in [0.3, 0.4) is 0 Å². The zero-order valence-corrected chi connectivity index (χ0v) is 10.1. The first-order valence-corrected chi connectivity index (χ1v) is 5.61. The molecule has 0 bridgehead atoms. The van der Waals surface area contributed by atoms with Crippen LogP contribution in [0.2, 0.25) is 0 Å². The molecule has 0 spiro atoms. The van der Waals surface area contributed by atoms with Crippen molar-refractivity contribution in [3.8, 4) is 0 Å². The monoisotopic (exact) mass is 231 g/mol. The molecule has 0 aliphatic heterocycles. The highest BCUT2D eigenvalue weighted by Gasteiger charge is 2.07. The van der Waals surface area contributed by atoms with Crippen LogP contribution in [0.25, 0.3) is 0 Å². The predicted molar refractivity (Wildman–Crippen MR) is 60.4 cm³/mol. The number of aromatic nitrogens is 2. The molecule has 0 aromatic carbocycles. The fourth-order valence-corrected chi connectivity index (χ4v) is 1.63. The molecule has 0 saturated heterocycles. The first kappa shape index (κ1) is 12.4. The molecule has 0 radical (unpaired) electrons. The Balaban J connectivity index is 2.35. The van der Waals surface area contributed by atoms with E-state index in [0.29, 0.717) is 6.61 Å². The molecule has 1 unspecified atom stereocenters. The fraction of sp³-hybridized carbons (Fsp3) is 0.778. The highest BCUT2D eigenvalue weighted by Crippen LogP contribution is 2.12. The van der Waals surface area contributed by atoms with Crippen LogP contribution in [0.15, 0.2) is 0 Å². The van der Waals surface area contributed by atoms with Gasteiger partial charge in [0, 0.05) is 38.7 Å². The Labute approximate surface area is 94.0 Å². The molecular weight excluding hydrogens is 214 g/mol. The van der Waals surface area contributed by atoms with Crippen molar-refractivity contribution >= 4 is 16.7 Å². The van der Waals surface area contributed by atoms with Gasteiger partial charge in [-0.3, -0.25) is 0 Å². The maximum atomic E-state index is 5.15. The molecule has 1 atom stereocenters. The summed E-state index contributed by atoms with van der Waals surface area (Å²) in [6.45, 7) is 3.42. The standard InChI is InChI=1S/C9H17N3O2S/c1-7(14-3)6-8-11-9(15-12-8)10-4-5-13-2/h7H,4-6H2,1-3H3,(H,10,11,12). The fourth-order valence-electron chi connectivity index (χ4n) is 1.01. The van der Waals surface area contributed by atoms with E-state index in [1.165, 1.54) is 11.5 Å². The highest BCUT2D eigenvalue weighted by molar-refractivity contribution is 7.09. The molecule has 0 aliphatic carbocycles. The highest BCUT2D eigenvalue weighted by atomic mass is 32.1. The number of nitrogens with one attached hydrogen (secondary N) is 1. The molecule has 86 valence electrons. The average Bonchev–Trinajstić information content (AvgIpc) is 2.66. The normalized spacial score (nSPS) is 12.7. The molecule has 5 nitrogen and oxygen atoms in total. The first-order valence-electron chi connectivity index (χ1n) is 4.84. The molecule has 1 aromatic heterocycles. The lowest BCUT2D eigenvalue weighted by Crippen LogP contribution is -2.10. The Bertz CT molecular complexity index is 280. The van der Waals surface area contributed by atoms with Gasteiger partial charge in [-0.05, 0) is 6.92 Å². The first-order chi connectivity index (χ1) is 7.26. The van der Waals surface area contributed by atoms with Crippen LogP contribution >= 0.6 is 11.5 Å². The molecular formula is C9H17N3O2S. The van der Waals surface area contributed by atoms with Gasteiger partial charge in [0.05, 0.1) is 12.7 Å². The van der Waals surface area contributed by atoms with Gasteiger partial charge in [0.1, 0.15) is 5.82 Å². The van der Waals surface area contributed by atoms with Gasteiger partial charge in [-0.2, -0.15) is 4.37 Å². The molecule has 6 heteroatoms. The van der Waals surface area contributed by atoms with Crippen molar-refractivity contribution < 1.29 is 9.47 Å². The summed E-state index contributed by atoms with van der Waals surface area (Å²) in [6, 6.07) is 0. The summed E-state index contributed by atoms with van der Waals surface area (Å²) < 4.78 is 14.3. The van der Waals surface area contributed by atoms with E-state index in [-0.39, 0.29) is 6.10 Å². The topological polar surface area (TPSA) is 56.3 Å². The summed E-state index contributed by atoms with van der Waals surface area (Å²) in [4.78, 5) is 4.33. The van der Waals surface area contributed by atoms with Crippen LogP contribution < -0.4 is 5.32 Å². The second-order valence-corrected chi connectivity index (χ2v) is 3.94. The molecule has 0 aliphatic rings. The maximum absolute atomic E-state index is 5.15. The van der Waals surface area contributed by atoms with Crippen LogP contribution in [-0.2, 0) is 15.9 Å². The van der Waals surface area contributed by atoms with Crippen molar-refractivity contribution in [1.29, 1.82) is 0 Å². The Morgan fingerprint density at radius 3 is 2.93 bits per heavy atom. The number of ether oxygens (including phenoxy) is 2. The van der Waals surface area contributed by atoms with Crippen molar-refractivity contribution in [2.45, 2.75) is 19.4 Å². The summed E-state index contributed by atoms with van der Waals surface area (Å²) in [5, 5.41) is 3.97. The zero-order valence-electron chi connectivity index (χ0n) is 9.32. The number of hydrogen-bond donors (Lipinski definition) is 1. The molecule has 1 rings (SSSR count). The lowest BCUT2D eigenvalue weighted by Gasteiger charge is -2.04. The number of nitrogens with zero attached hydrogens (tertiary/aromatic N) is 2. The molecule has 0 amide bonds. The zero-order chi connectivity index (χ0) is 11.1. The van der Waals surface area contributed by atoms with Gasteiger partial charge in [0.25, 0.3) is 0 Å². The summed E-state index contributed by atoms with van der Waals surface area (Å²) in [6.07, 6.45) is 0.908. The number of rotatable bonds is 7. The van der Waals surface area contributed by atoms with Crippen molar-refractivity contribution in [2.24, 2.45) is 0 Å². The molecule has 15 heavy (non-hydrogen) atoms. The lowest BCUT2D eigenvalue weighted by atomic mass is 10.3. The number of hydrogen-bond acceptors (Lipinski definition) is 6. The van der Waals surface area contributed by atoms with Gasteiger partial charge in [-0.15, -0.1) is 0 Å². The third-order valence-corrected chi connectivity index (χ3v) is 2.63. The summed E-state index contributed by atoms with van der Waals surface area (Å²) in [7, 11) is 3.36. The summed E-state index contributed by atoms with van der Waals surface area (Å²) >= 11 is 1.37. The van der Waals surface area contributed by atoms with E-state index in [0.717, 1.165) is 23.9 Å². The summed E-state index contributed by atoms with van der Waals surface area (Å²) in [5.41, 5.74) is 0. The molecule has 1 aromatic rings. The van der Waals surface area contributed by atoms with Gasteiger partial charge >= 0.3 is 0 Å². The van der Waals surface area contributed by atoms with Gasteiger partial charge in [-0.25, -0.2) is 4.98 Å². The van der Waals surface area contributed by atoms with Crippen LogP contribution in [0.1, 0.15) is 12.7 Å². The quantitative estimate of drug-likeness (QED) is 0.714. The average molecular weight is 231 g/mol. The lowest BCUT2D eigenvalue weighted by molar-refractivity contribution is 0.117.